The number of hydrogen-bond donors (Lipinski definition) is 0. The number of nitro groups is 1. The second-order valence-corrected chi connectivity index (χ2v) is 7.84. The van der Waals surface area contributed by atoms with E-state index in [2.05, 4.69) is 15.2 Å². The number of aryl methyl sites for hydroxylation is 1. The van der Waals surface area contributed by atoms with Crippen molar-refractivity contribution in [3.8, 4) is 17.1 Å². The minimum atomic E-state index is -0.366. The SMILES string of the molecule is Cc1ccccc1-n1c(SCc2csc([N+](=O)[O-])c2)nnc1-c1cccnc1. The maximum Gasteiger partial charge on any atom is 0.324 e. The van der Waals surface area contributed by atoms with Crippen LogP contribution in [0.5, 0.6) is 0 Å². The first kappa shape index (κ1) is 18.3. The van der Waals surface area contributed by atoms with Crippen LogP contribution in [0.4, 0.5) is 5.00 Å². The number of para-hydroxylation sites is 1. The normalized spacial score (nSPS) is 10.9. The lowest BCUT2D eigenvalue weighted by Gasteiger charge is -2.12. The zero-order valence-corrected chi connectivity index (χ0v) is 16.5. The first-order chi connectivity index (χ1) is 13.6. The molecule has 0 bridgehead atoms. The van der Waals surface area contributed by atoms with Crippen LogP contribution in [0.15, 0.2) is 65.4 Å². The summed E-state index contributed by atoms with van der Waals surface area (Å²) in [6.45, 7) is 2.04. The summed E-state index contributed by atoms with van der Waals surface area (Å²) >= 11 is 2.63. The fourth-order valence-electron chi connectivity index (χ4n) is 2.76. The quantitative estimate of drug-likeness (QED) is 0.256. The molecule has 0 aliphatic carbocycles. The van der Waals surface area contributed by atoms with Crippen LogP contribution < -0.4 is 0 Å². The van der Waals surface area contributed by atoms with Gasteiger partial charge in [0.05, 0.1) is 10.6 Å². The highest BCUT2D eigenvalue weighted by molar-refractivity contribution is 7.98. The van der Waals surface area contributed by atoms with Gasteiger partial charge in [0.15, 0.2) is 11.0 Å². The van der Waals surface area contributed by atoms with Crippen LogP contribution in [-0.4, -0.2) is 24.7 Å². The molecule has 140 valence electrons. The van der Waals surface area contributed by atoms with E-state index in [9.17, 15) is 10.1 Å². The van der Waals surface area contributed by atoms with Crippen molar-refractivity contribution in [1.29, 1.82) is 0 Å². The molecule has 3 heterocycles. The summed E-state index contributed by atoms with van der Waals surface area (Å²) < 4.78 is 2.01. The highest BCUT2D eigenvalue weighted by atomic mass is 32.2. The molecule has 7 nitrogen and oxygen atoms in total. The molecule has 0 atom stereocenters. The fraction of sp³-hybridized carbons (Fsp3) is 0.105. The Bertz CT molecular complexity index is 1120. The van der Waals surface area contributed by atoms with Gasteiger partial charge in [0, 0.05) is 35.2 Å². The number of thioether (sulfide) groups is 1. The van der Waals surface area contributed by atoms with E-state index in [-0.39, 0.29) is 9.92 Å². The van der Waals surface area contributed by atoms with Gasteiger partial charge in [-0.15, -0.1) is 10.2 Å². The third-order valence-corrected chi connectivity index (χ3v) is 6.03. The predicted octanol–water partition coefficient (Wildman–Crippen LogP) is 4.90. The lowest BCUT2D eigenvalue weighted by Crippen LogP contribution is -2.02. The number of pyridine rings is 1. The first-order valence-electron chi connectivity index (χ1n) is 8.40. The van der Waals surface area contributed by atoms with E-state index in [1.165, 1.54) is 11.8 Å². The Kier molecular flexibility index (Phi) is 5.18. The summed E-state index contributed by atoms with van der Waals surface area (Å²) in [4.78, 5) is 14.7. The van der Waals surface area contributed by atoms with Crippen molar-refractivity contribution in [3.63, 3.8) is 0 Å². The Balaban J connectivity index is 1.72. The van der Waals surface area contributed by atoms with Crippen LogP contribution in [0.2, 0.25) is 0 Å². The van der Waals surface area contributed by atoms with Gasteiger partial charge >= 0.3 is 5.00 Å². The Hall–Kier alpha value is -3.04. The van der Waals surface area contributed by atoms with E-state index in [0.29, 0.717) is 11.6 Å². The largest absolute Gasteiger partial charge is 0.324 e. The number of aromatic nitrogens is 4. The van der Waals surface area contributed by atoms with Crippen LogP contribution in [0.3, 0.4) is 0 Å². The van der Waals surface area contributed by atoms with Crippen molar-refractivity contribution >= 4 is 28.1 Å². The van der Waals surface area contributed by atoms with Crippen molar-refractivity contribution in [3.05, 3.63) is 81.5 Å². The maximum atomic E-state index is 10.9. The van der Waals surface area contributed by atoms with E-state index in [1.54, 1.807) is 18.5 Å². The molecule has 0 saturated carbocycles. The molecule has 0 N–H and O–H groups in total. The van der Waals surface area contributed by atoms with Gasteiger partial charge in [0.1, 0.15) is 0 Å². The smallest absolute Gasteiger partial charge is 0.270 e. The number of benzene rings is 1. The number of rotatable bonds is 6. The van der Waals surface area contributed by atoms with Crippen LogP contribution >= 0.6 is 23.1 Å². The fourth-order valence-corrected chi connectivity index (χ4v) is 4.47. The van der Waals surface area contributed by atoms with E-state index >= 15 is 0 Å². The van der Waals surface area contributed by atoms with Crippen molar-refractivity contribution in [2.75, 3.05) is 0 Å². The molecule has 0 spiro atoms. The molecule has 0 aliphatic heterocycles. The molecule has 28 heavy (non-hydrogen) atoms. The molecule has 4 rings (SSSR count). The van der Waals surface area contributed by atoms with Gasteiger partial charge in [0.2, 0.25) is 0 Å². The molecule has 0 radical (unpaired) electrons. The minimum absolute atomic E-state index is 0.145. The van der Waals surface area contributed by atoms with Crippen molar-refractivity contribution < 1.29 is 4.92 Å². The molecular formula is C19H15N5O2S2. The van der Waals surface area contributed by atoms with E-state index in [1.807, 2.05) is 53.3 Å². The highest BCUT2D eigenvalue weighted by Gasteiger charge is 2.18. The summed E-state index contributed by atoms with van der Waals surface area (Å²) in [7, 11) is 0. The van der Waals surface area contributed by atoms with Crippen molar-refractivity contribution in [2.45, 2.75) is 17.8 Å². The third-order valence-electron chi connectivity index (χ3n) is 4.10. The summed E-state index contributed by atoms with van der Waals surface area (Å²) in [6.07, 6.45) is 3.48. The molecule has 3 aromatic heterocycles. The van der Waals surface area contributed by atoms with Crippen LogP contribution in [0.1, 0.15) is 11.1 Å². The van der Waals surface area contributed by atoms with Gasteiger partial charge in [-0.2, -0.15) is 0 Å². The number of nitrogens with zero attached hydrogens (tertiary/aromatic N) is 5. The Morgan fingerprint density at radius 3 is 2.79 bits per heavy atom. The van der Waals surface area contributed by atoms with E-state index < -0.39 is 0 Å². The van der Waals surface area contributed by atoms with E-state index in [0.717, 1.165) is 38.9 Å². The van der Waals surface area contributed by atoms with Crippen molar-refractivity contribution in [2.24, 2.45) is 0 Å². The zero-order chi connectivity index (χ0) is 19.5. The topological polar surface area (TPSA) is 86.7 Å². The summed E-state index contributed by atoms with van der Waals surface area (Å²) in [5.41, 5.74) is 3.85. The molecule has 4 aromatic rings. The third kappa shape index (κ3) is 3.67. The molecular weight excluding hydrogens is 394 g/mol. The highest BCUT2D eigenvalue weighted by Crippen LogP contribution is 2.32. The van der Waals surface area contributed by atoms with E-state index in [4.69, 9.17) is 0 Å². The van der Waals surface area contributed by atoms with Crippen LogP contribution in [0.25, 0.3) is 17.1 Å². The zero-order valence-electron chi connectivity index (χ0n) is 14.8. The second-order valence-electron chi connectivity index (χ2n) is 6.01. The molecule has 9 heteroatoms. The lowest BCUT2D eigenvalue weighted by molar-refractivity contribution is -0.380. The molecule has 0 aliphatic rings. The molecule has 1 aromatic carbocycles. The molecule has 0 amide bonds. The molecule has 0 fully saturated rings. The second kappa shape index (κ2) is 7.91. The molecule has 0 saturated heterocycles. The van der Waals surface area contributed by atoms with Crippen LogP contribution in [-0.2, 0) is 5.75 Å². The van der Waals surface area contributed by atoms with Gasteiger partial charge in [-0.3, -0.25) is 19.7 Å². The lowest BCUT2D eigenvalue weighted by atomic mass is 10.2. The summed E-state index contributed by atoms with van der Waals surface area (Å²) in [6, 6.07) is 13.5. The van der Waals surface area contributed by atoms with Gasteiger partial charge in [-0.25, -0.2) is 0 Å². The van der Waals surface area contributed by atoms with Crippen LogP contribution in [0, 0.1) is 17.0 Å². The van der Waals surface area contributed by atoms with Gasteiger partial charge in [-0.05, 0) is 36.2 Å². The van der Waals surface area contributed by atoms with Gasteiger partial charge in [-0.1, -0.05) is 41.3 Å². The first-order valence-corrected chi connectivity index (χ1v) is 10.3. The number of thiophene rings is 1. The van der Waals surface area contributed by atoms with Gasteiger partial charge in [0.25, 0.3) is 0 Å². The Labute approximate surface area is 169 Å². The standard InChI is InChI=1S/C19H15N5O2S2/c1-13-5-2-3-7-16(13)23-18(15-6-4-8-20-10-15)21-22-19(23)28-12-14-9-17(24(25)26)27-11-14/h2-11H,12H2,1H3. The van der Waals surface area contributed by atoms with Crippen molar-refractivity contribution in [1.82, 2.24) is 19.7 Å². The monoisotopic (exact) mass is 409 g/mol. The van der Waals surface area contributed by atoms with Gasteiger partial charge < -0.3 is 0 Å². The number of hydrogen-bond acceptors (Lipinski definition) is 7. The Morgan fingerprint density at radius 2 is 2.07 bits per heavy atom. The Morgan fingerprint density at radius 1 is 1.21 bits per heavy atom. The average molecular weight is 409 g/mol. The summed E-state index contributed by atoms with van der Waals surface area (Å²) in [5.74, 6) is 1.28. The minimum Gasteiger partial charge on any atom is -0.270 e. The average Bonchev–Trinajstić information content (AvgIpc) is 3.35. The predicted molar refractivity (Wildman–Crippen MR) is 110 cm³/mol. The maximum absolute atomic E-state index is 10.9. The summed E-state index contributed by atoms with van der Waals surface area (Å²) in [5, 5.41) is 22.4. The molecule has 0 unspecified atom stereocenters.